The van der Waals surface area contributed by atoms with Gasteiger partial charge < -0.3 is 14.4 Å². The van der Waals surface area contributed by atoms with E-state index < -0.39 is 5.60 Å². The Labute approximate surface area is 146 Å². The van der Waals surface area contributed by atoms with Gasteiger partial charge in [-0.15, -0.1) is 0 Å². The Morgan fingerprint density at radius 2 is 2.17 bits per heavy atom. The molecule has 0 spiro atoms. The number of rotatable bonds is 6. The van der Waals surface area contributed by atoms with Gasteiger partial charge in [0.1, 0.15) is 12.4 Å². The lowest BCUT2D eigenvalue weighted by atomic mass is 9.89. The third-order valence-corrected chi connectivity index (χ3v) is 4.43. The van der Waals surface area contributed by atoms with Gasteiger partial charge in [-0.05, 0) is 50.6 Å². The second kappa shape index (κ2) is 7.51. The van der Waals surface area contributed by atoms with Gasteiger partial charge >= 0.3 is 0 Å². The molecule has 1 unspecified atom stereocenters. The number of aromatic nitrogens is 2. The van der Waals surface area contributed by atoms with Crippen molar-refractivity contribution in [2.45, 2.75) is 31.8 Å². The Morgan fingerprint density at radius 3 is 2.88 bits per heavy atom. The van der Waals surface area contributed by atoms with Crippen LogP contribution in [-0.2, 0) is 6.42 Å². The van der Waals surface area contributed by atoms with Crippen molar-refractivity contribution in [1.82, 2.24) is 15.0 Å². The van der Waals surface area contributed by atoms with Crippen molar-refractivity contribution >= 4 is 11.6 Å². The van der Waals surface area contributed by atoms with Crippen molar-refractivity contribution in [2.24, 2.45) is 0 Å². The summed E-state index contributed by atoms with van der Waals surface area (Å²) in [4.78, 5) is 6.40. The smallest absolute Gasteiger partial charge is 0.229 e. The van der Waals surface area contributed by atoms with Crippen LogP contribution in [0, 0.1) is 6.92 Å². The van der Waals surface area contributed by atoms with E-state index in [1.54, 1.807) is 6.92 Å². The number of halogens is 1. The van der Waals surface area contributed by atoms with Crippen LogP contribution in [0.15, 0.2) is 28.8 Å². The lowest BCUT2D eigenvalue weighted by Crippen LogP contribution is -2.50. The van der Waals surface area contributed by atoms with E-state index in [0.29, 0.717) is 36.3 Å². The van der Waals surface area contributed by atoms with Gasteiger partial charge in [0.2, 0.25) is 5.89 Å². The van der Waals surface area contributed by atoms with E-state index in [4.69, 9.17) is 20.9 Å². The lowest BCUT2D eigenvalue weighted by Gasteiger charge is -2.38. The highest BCUT2D eigenvalue weighted by Crippen LogP contribution is 2.25. The van der Waals surface area contributed by atoms with E-state index in [1.807, 2.05) is 24.3 Å². The molecule has 130 valence electrons. The van der Waals surface area contributed by atoms with Gasteiger partial charge in [0, 0.05) is 18.1 Å². The summed E-state index contributed by atoms with van der Waals surface area (Å²) in [6.07, 6.45) is 2.07. The number of piperidine rings is 1. The molecule has 0 aliphatic carbocycles. The Kier molecular flexibility index (Phi) is 5.38. The van der Waals surface area contributed by atoms with Crippen molar-refractivity contribution in [2.75, 3.05) is 26.2 Å². The van der Waals surface area contributed by atoms with Gasteiger partial charge in [-0.1, -0.05) is 16.8 Å². The first-order chi connectivity index (χ1) is 11.5. The van der Waals surface area contributed by atoms with E-state index in [9.17, 15) is 5.11 Å². The summed E-state index contributed by atoms with van der Waals surface area (Å²) in [6.45, 7) is 4.64. The molecule has 24 heavy (non-hydrogen) atoms. The molecule has 2 aromatic rings. The Balaban J connectivity index is 1.48. The molecule has 1 atom stereocenters. The second-order valence-corrected chi connectivity index (χ2v) is 6.75. The number of β-amino-alcohol motifs (C(OH)–C–C–N with tert-alkyl or cyclic N) is 1. The number of aryl methyl sites for hydroxylation is 1. The zero-order valence-corrected chi connectivity index (χ0v) is 14.5. The first-order valence-corrected chi connectivity index (χ1v) is 8.53. The molecule has 0 radical (unpaired) electrons. The molecule has 1 N–H and O–H groups in total. The first-order valence-electron chi connectivity index (χ1n) is 8.15. The zero-order valence-electron chi connectivity index (χ0n) is 13.7. The summed E-state index contributed by atoms with van der Waals surface area (Å²) in [5, 5.41) is 15.3. The van der Waals surface area contributed by atoms with Crippen molar-refractivity contribution in [1.29, 1.82) is 0 Å². The summed E-state index contributed by atoms with van der Waals surface area (Å²) in [7, 11) is 0. The molecule has 6 nitrogen and oxygen atoms in total. The SMILES string of the molecule is Cc1noc(CC2(O)CCCN(CCOc3ccc(Cl)cc3)C2)n1. The van der Waals surface area contributed by atoms with Crippen molar-refractivity contribution in [3.8, 4) is 5.75 Å². The maximum atomic E-state index is 10.8. The normalized spacial score (nSPS) is 21.8. The third kappa shape index (κ3) is 4.69. The molecule has 0 bridgehead atoms. The number of nitrogens with zero attached hydrogens (tertiary/aromatic N) is 3. The van der Waals surface area contributed by atoms with Gasteiger partial charge in [-0.3, -0.25) is 4.90 Å². The van der Waals surface area contributed by atoms with E-state index in [1.165, 1.54) is 0 Å². The average molecular weight is 352 g/mol. The van der Waals surface area contributed by atoms with Crippen LogP contribution in [0.1, 0.15) is 24.6 Å². The minimum Gasteiger partial charge on any atom is -0.492 e. The molecule has 1 aliphatic heterocycles. The Hall–Kier alpha value is -1.63. The van der Waals surface area contributed by atoms with Gasteiger partial charge in [-0.25, -0.2) is 0 Å². The van der Waals surface area contributed by atoms with Crippen LogP contribution >= 0.6 is 11.6 Å². The van der Waals surface area contributed by atoms with Crippen molar-refractivity contribution in [3.63, 3.8) is 0 Å². The highest BCUT2D eigenvalue weighted by molar-refractivity contribution is 6.30. The minimum atomic E-state index is -0.822. The quantitative estimate of drug-likeness (QED) is 0.862. The zero-order chi connectivity index (χ0) is 17.0. The second-order valence-electron chi connectivity index (χ2n) is 6.32. The number of ether oxygens (including phenoxy) is 1. The summed E-state index contributed by atoms with van der Waals surface area (Å²) >= 11 is 5.86. The maximum Gasteiger partial charge on any atom is 0.229 e. The number of aliphatic hydroxyl groups is 1. The largest absolute Gasteiger partial charge is 0.492 e. The van der Waals surface area contributed by atoms with Crippen LogP contribution in [0.3, 0.4) is 0 Å². The molecule has 1 fully saturated rings. The summed E-state index contributed by atoms with van der Waals surface area (Å²) in [5.74, 6) is 1.89. The predicted octanol–water partition coefficient (Wildman–Crippen LogP) is 2.48. The molecule has 0 saturated carbocycles. The molecule has 1 aliphatic rings. The number of benzene rings is 1. The van der Waals surface area contributed by atoms with Crippen LogP contribution < -0.4 is 4.74 Å². The van der Waals surface area contributed by atoms with Crippen LogP contribution in [0.4, 0.5) is 0 Å². The molecule has 1 aromatic heterocycles. The van der Waals surface area contributed by atoms with E-state index in [0.717, 1.165) is 31.7 Å². The highest BCUT2D eigenvalue weighted by Gasteiger charge is 2.35. The summed E-state index contributed by atoms with van der Waals surface area (Å²) in [5.41, 5.74) is -0.822. The van der Waals surface area contributed by atoms with Gasteiger partial charge in [0.25, 0.3) is 0 Å². The average Bonchev–Trinajstić information content (AvgIpc) is 2.94. The number of hydrogen-bond acceptors (Lipinski definition) is 6. The standard InChI is InChI=1S/C17H22ClN3O3/c1-13-19-16(24-20-13)11-17(22)7-2-8-21(12-17)9-10-23-15-5-3-14(18)4-6-15/h3-6,22H,2,7-12H2,1H3. The maximum absolute atomic E-state index is 10.8. The Bertz CT molecular complexity index is 661. The van der Waals surface area contributed by atoms with Crippen molar-refractivity contribution in [3.05, 3.63) is 41.0 Å². The van der Waals surface area contributed by atoms with Crippen LogP contribution in [0.5, 0.6) is 5.75 Å². The number of likely N-dealkylation sites (tertiary alicyclic amines) is 1. The van der Waals surface area contributed by atoms with Crippen LogP contribution in [0.25, 0.3) is 0 Å². The fraction of sp³-hybridized carbons (Fsp3) is 0.529. The fourth-order valence-electron chi connectivity index (χ4n) is 3.06. The van der Waals surface area contributed by atoms with Crippen molar-refractivity contribution < 1.29 is 14.4 Å². The van der Waals surface area contributed by atoms with Gasteiger partial charge in [-0.2, -0.15) is 4.98 Å². The molecule has 3 rings (SSSR count). The first kappa shape index (κ1) is 17.2. The molecule has 1 saturated heterocycles. The molecule has 2 heterocycles. The van der Waals surface area contributed by atoms with Gasteiger partial charge in [0.15, 0.2) is 5.82 Å². The summed E-state index contributed by atoms with van der Waals surface area (Å²) < 4.78 is 10.9. The van der Waals surface area contributed by atoms with E-state index >= 15 is 0 Å². The van der Waals surface area contributed by atoms with E-state index in [2.05, 4.69) is 15.0 Å². The Morgan fingerprint density at radius 1 is 1.38 bits per heavy atom. The summed E-state index contributed by atoms with van der Waals surface area (Å²) in [6, 6.07) is 7.32. The molecule has 7 heteroatoms. The molecular formula is C17H22ClN3O3. The van der Waals surface area contributed by atoms with Crippen LogP contribution in [0.2, 0.25) is 5.02 Å². The lowest BCUT2D eigenvalue weighted by molar-refractivity contribution is -0.0372. The third-order valence-electron chi connectivity index (χ3n) is 4.17. The van der Waals surface area contributed by atoms with E-state index in [-0.39, 0.29) is 0 Å². The molecule has 1 aromatic carbocycles. The molecule has 0 amide bonds. The van der Waals surface area contributed by atoms with Crippen LogP contribution in [-0.4, -0.2) is 52.0 Å². The number of hydrogen-bond donors (Lipinski definition) is 1. The monoisotopic (exact) mass is 351 g/mol. The topological polar surface area (TPSA) is 71.6 Å². The van der Waals surface area contributed by atoms with Gasteiger partial charge in [0.05, 0.1) is 12.0 Å². The molecular weight excluding hydrogens is 330 g/mol. The predicted molar refractivity (Wildman–Crippen MR) is 90.3 cm³/mol. The fourth-order valence-corrected chi connectivity index (χ4v) is 3.18. The minimum absolute atomic E-state index is 0.391. The highest BCUT2D eigenvalue weighted by atomic mass is 35.5.